The summed E-state index contributed by atoms with van der Waals surface area (Å²) in [5, 5.41) is 0. The summed E-state index contributed by atoms with van der Waals surface area (Å²) in [6.07, 6.45) is 0.927. The monoisotopic (exact) mass is 283 g/mol. The summed E-state index contributed by atoms with van der Waals surface area (Å²) in [7, 11) is 1.98. The minimum absolute atomic E-state index is 0.464. The largest absolute Gasteiger partial charge is 0.417 e. The van der Waals surface area contributed by atoms with Crippen LogP contribution < -0.4 is 16.4 Å². The first kappa shape index (κ1) is 13.3. The van der Waals surface area contributed by atoms with Gasteiger partial charge in [-0.15, -0.1) is 0 Å². The van der Waals surface area contributed by atoms with Crippen LogP contribution >= 0.6 is 0 Å². The molecule has 0 amide bonds. The summed E-state index contributed by atoms with van der Waals surface area (Å²) in [4.78, 5) is 15.9. The highest BCUT2D eigenvalue weighted by Crippen LogP contribution is 2.27. The van der Waals surface area contributed by atoms with Gasteiger partial charge < -0.3 is 15.1 Å². The molecule has 0 spiro atoms. The third-order valence-corrected chi connectivity index (χ3v) is 3.56. The Morgan fingerprint density at radius 3 is 2.76 bits per heavy atom. The van der Waals surface area contributed by atoms with Crippen LogP contribution in [0.3, 0.4) is 0 Å². The number of anilines is 2. The molecule has 0 saturated heterocycles. The van der Waals surface area contributed by atoms with Gasteiger partial charge >= 0.3 is 5.76 Å². The number of nitrogen functional groups attached to an aromatic ring is 1. The number of aromatic amines is 1. The third kappa shape index (κ3) is 2.76. The predicted octanol–water partition coefficient (Wildman–Crippen LogP) is 2.38. The first-order chi connectivity index (χ1) is 10.1. The van der Waals surface area contributed by atoms with Gasteiger partial charge in [0.15, 0.2) is 5.58 Å². The number of aromatic nitrogens is 1. The molecule has 21 heavy (non-hydrogen) atoms. The molecule has 5 nitrogen and oxygen atoms in total. The van der Waals surface area contributed by atoms with Crippen molar-refractivity contribution < 1.29 is 4.42 Å². The molecule has 0 saturated carbocycles. The molecular weight excluding hydrogens is 266 g/mol. The number of hydrogen-bond acceptors (Lipinski definition) is 4. The Morgan fingerprint density at radius 1 is 1.24 bits per heavy atom. The molecule has 1 aromatic heterocycles. The van der Waals surface area contributed by atoms with Gasteiger partial charge in [-0.1, -0.05) is 30.3 Å². The van der Waals surface area contributed by atoms with Crippen molar-refractivity contribution in [3.05, 3.63) is 58.6 Å². The fourth-order valence-corrected chi connectivity index (χ4v) is 2.39. The molecular formula is C16H17N3O2. The minimum Gasteiger partial charge on any atom is -0.408 e. The van der Waals surface area contributed by atoms with Crippen molar-refractivity contribution in [2.45, 2.75) is 6.42 Å². The zero-order valence-corrected chi connectivity index (χ0v) is 11.8. The number of nitrogens with zero attached hydrogens (tertiary/aromatic N) is 1. The molecule has 0 aliphatic carbocycles. The van der Waals surface area contributed by atoms with Crippen LogP contribution in [-0.2, 0) is 6.42 Å². The molecule has 0 atom stereocenters. The van der Waals surface area contributed by atoms with E-state index in [4.69, 9.17) is 10.2 Å². The number of nitrogens with one attached hydrogen (secondary N) is 1. The van der Waals surface area contributed by atoms with Crippen molar-refractivity contribution in [2.24, 2.45) is 0 Å². The Bertz CT molecular complexity index is 805. The standard InChI is InChI=1S/C16H17N3O2/c1-19(8-7-11-5-3-2-4-6-11)14-10-13-15(9-12(14)17)21-16(20)18-13/h2-6,9-10H,7-8,17H2,1H3,(H,18,20). The van der Waals surface area contributed by atoms with Crippen LogP contribution in [0.2, 0.25) is 0 Å². The molecule has 0 bridgehead atoms. The molecule has 3 rings (SSSR count). The lowest BCUT2D eigenvalue weighted by Gasteiger charge is -2.21. The fraction of sp³-hybridized carbons (Fsp3) is 0.188. The van der Waals surface area contributed by atoms with E-state index in [2.05, 4.69) is 22.0 Å². The Hall–Kier alpha value is -2.69. The lowest BCUT2D eigenvalue weighted by molar-refractivity contribution is 0.555. The van der Waals surface area contributed by atoms with E-state index in [9.17, 15) is 4.79 Å². The Balaban J connectivity index is 1.82. The number of benzene rings is 2. The lowest BCUT2D eigenvalue weighted by atomic mass is 10.1. The first-order valence-electron chi connectivity index (χ1n) is 6.81. The Labute approximate surface area is 122 Å². The topological polar surface area (TPSA) is 75.3 Å². The second-order valence-corrected chi connectivity index (χ2v) is 5.08. The van der Waals surface area contributed by atoms with Crippen molar-refractivity contribution in [3.8, 4) is 0 Å². The van der Waals surface area contributed by atoms with Crippen molar-refractivity contribution in [3.63, 3.8) is 0 Å². The van der Waals surface area contributed by atoms with E-state index in [-0.39, 0.29) is 0 Å². The number of rotatable bonds is 4. The number of likely N-dealkylation sites (N-methyl/N-ethyl adjacent to an activating group) is 1. The highest BCUT2D eigenvalue weighted by molar-refractivity contribution is 5.85. The Kier molecular flexibility index (Phi) is 3.39. The smallest absolute Gasteiger partial charge is 0.408 e. The van der Waals surface area contributed by atoms with Gasteiger partial charge in [-0.2, -0.15) is 0 Å². The lowest BCUT2D eigenvalue weighted by Crippen LogP contribution is -2.21. The molecule has 0 fully saturated rings. The molecule has 1 heterocycles. The van der Waals surface area contributed by atoms with Crippen LogP contribution in [0.4, 0.5) is 11.4 Å². The first-order valence-corrected chi connectivity index (χ1v) is 6.81. The fourth-order valence-electron chi connectivity index (χ4n) is 2.39. The number of H-pyrrole nitrogens is 1. The summed E-state index contributed by atoms with van der Waals surface area (Å²) in [6.45, 7) is 0.835. The highest BCUT2D eigenvalue weighted by atomic mass is 16.4. The summed E-state index contributed by atoms with van der Waals surface area (Å²) in [6, 6.07) is 13.8. The van der Waals surface area contributed by atoms with Crippen LogP contribution in [0.1, 0.15) is 5.56 Å². The van der Waals surface area contributed by atoms with Crippen molar-refractivity contribution in [1.82, 2.24) is 4.98 Å². The summed E-state index contributed by atoms with van der Waals surface area (Å²) >= 11 is 0. The van der Waals surface area contributed by atoms with Crippen LogP contribution in [0, 0.1) is 0 Å². The van der Waals surface area contributed by atoms with Crippen LogP contribution in [0.25, 0.3) is 11.1 Å². The second kappa shape index (κ2) is 5.36. The van der Waals surface area contributed by atoms with E-state index >= 15 is 0 Å². The molecule has 3 N–H and O–H groups in total. The number of oxazole rings is 1. The van der Waals surface area contributed by atoms with Gasteiger partial charge in [-0.05, 0) is 18.1 Å². The number of hydrogen-bond donors (Lipinski definition) is 2. The van der Waals surface area contributed by atoms with Crippen molar-refractivity contribution in [2.75, 3.05) is 24.2 Å². The van der Waals surface area contributed by atoms with E-state index in [0.29, 0.717) is 16.8 Å². The van der Waals surface area contributed by atoms with Gasteiger partial charge in [0.25, 0.3) is 0 Å². The van der Waals surface area contributed by atoms with E-state index in [0.717, 1.165) is 18.7 Å². The van der Waals surface area contributed by atoms with Crippen LogP contribution in [0.5, 0.6) is 0 Å². The Morgan fingerprint density at radius 2 is 2.00 bits per heavy atom. The normalized spacial score (nSPS) is 10.9. The summed E-state index contributed by atoms with van der Waals surface area (Å²) in [5.74, 6) is -0.464. The average molecular weight is 283 g/mol. The van der Waals surface area contributed by atoms with Gasteiger partial charge in [-0.25, -0.2) is 4.79 Å². The molecule has 0 aliphatic rings. The molecule has 108 valence electrons. The van der Waals surface area contributed by atoms with Crippen molar-refractivity contribution >= 4 is 22.5 Å². The van der Waals surface area contributed by atoms with Crippen LogP contribution in [-0.4, -0.2) is 18.6 Å². The maximum atomic E-state index is 11.2. The van der Waals surface area contributed by atoms with E-state index in [1.807, 2.05) is 31.3 Å². The maximum absolute atomic E-state index is 11.2. The maximum Gasteiger partial charge on any atom is 0.417 e. The number of nitrogens with two attached hydrogens (primary N) is 1. The van der Waals surface area contributed by atoms with Gasteiger partial charge in [0.05, 0.1) is 16.9 Å². The second-order valence-electron chi connectivity index (χ2n) is 5.08. The molecule has 0 unspecified atom stereocenters. The summed E-state index contributed by atoms with van der Waals surface area (Å²) < 4.78 is 5.00. The molecule has 0 aliphatic heterocycles. The molecule has 3 aromatic rings. The third-order valence-electron chi connectivity index (χ3n) is 3.56. The molecule has 0 radical (unpaired) electrons. The quantitative estimate of drug-likeness (QED) is 0.721. The zero-order chi connectivity index (χ0) is 14.8. The van der Waals surface area contributed by atoms with Gasteiger partial charge in [0.1, 0.15) is 0 Å². The van der Waals surface area contributed by atoms with Crippen molar-refractivity contribution in [1.29, 1.82) is 0 Å². The SMILES string of the molecule is CN(CCc1ccccc1)c1cc2[nH]c(=O)oc2cc1N. The van der Waals surface area contributed by atoms with E-state index in [1.165, 1.54) is 5.56 Å². The van der Waals surface area contributed by atoms with Gasteiger partial charge in [0.2, 0.25) is 0 Å². The summed E-state index contributed by atoms with van der Waals surface area (Å²) in [5.41, 5.74) is 9.96. The van der Waals surface area contributed by atoms with E-state index in [1.54, 1.807) is 6.07 Å². The molecule has 5 heteroatoms. The van der Waals surface area contributed by atoms with Crippen LogP contribution in [0.15, 0.2) is 51.7 Å². The average Bonchev–Trinajstić information content (AvgIpc) is 2.84. The highest BCUT2D eigenvalue weighted by Gasteiger charge is 2.10. The van der Waals surface area contributed by atoms with Gasteiger partial charge in [-0.3, -0.25) is 4.98 Å². The number of fused-ring (bicyclic) bond motifs is 1. The molecule has 2 aromatic carbocycles. The minimum atomic E-state index is -0.464. The van der Waals surface area contributed by atoms with Gasteiger partial charge in [0, 0.05) is 19.7 Å². The van der Waals surface area contributed by atoms with E-state index < -0.39 is 5.76 Å². The predicted molar refractivity (Wildman–Crippen MR) is 84.7 cm³/mol. The zero-order valence-electron chi connectivity index (χ0n) is 11.8.